The molecule has 0 aliphatic carbocycles. The third kappa shape index (κ3) is 1.98. The maximum absolute atomic E-state index is 10.5. The summed E-state index contributed by atoms with van der Waals surface area (Å²) < 4.78 is 0. The number of aliphatic hydroxyl groups is 1. The molecule has 1 heterocycles. The highest BCUT2D eigenvalue weighted by Crippen LogP contribution is 2.34. The molecule has 18 heavy (non-hydrogen) atoms. The first-order chi connectivity index (χ1) is 8.75. The zero-order chi connectivity index (χ0) is 12.5. The van der Waals surface area contributed by atoms with Crippen molar-refractivity contribution in [1.29, 1.82) is 0 Å². The largest absolute Gasteiger partial charge is 0.384 e. The van der Waals surface area contributed by atoms with Gasteiger partial charge >= 0.3 is 0 Å². The number of anilines is 1. The lowest BCUT2D eigenvalue weighted by molar-refractivity contribution is 0.221. The molecule has 3 heteroatoms. The molecule has 3 rings (SSSR count). The summed E-state index contributed by atoms with van der Waals surface area (Å²) in [6.07, 6.45) is 0.416. The molecule has 92 valence electrons. The summed E-state index contributed by atoms with van der Waals surface area (Å²) in [4.78, 5) is 0. The number of para-hydroxylation sites is 1. The number of rotatable bonds is 2. The van der Waals surface area contributed by atoms with Crippen LogP contribution in [-0.4, -0.2) is 11.7 Å². The fourth-order valence-electron chi connectivity index (χ4n) is 2.42. The van der Waals surface area contributed by atoms with Crippen molar-refractivity contribution >= 4 is 17.3 Å². The van der Waals surface area contributed by atoms with Crippen molar-refractivity contribution < 1.29 is 5.11 Å². The minimum Gasteiger partial charge on any atom is -0.384 e. The molecule has 0 fully saturated rings. The van der Waals surface area contributed by atoms with Crippen molar-refractivity contribution in [2.24, 2.45) is 0 Å². The molecular formula is C15H14ClNO. The van der Waals surface area contributed by atoms with E-state index in [2.05, 4.69) is 11.4 Å². The van der Waals surface area contributed by atoms with Gasteiger partial charge in [0, 0.05) is 22.8 Å². The maximum atomic E-state index is 10.5. The van der Waals surface area contributed by atoms with Crippen molar-refractivity contribution in [3.05, 3.63) is 64.2 Å². The topological polar surface area (TPSA) is 32.3 Å². The zero-order valence-corrected chi connectivity index (χ0v) is 10.6. The molecule has 1 aliphatic rings. The highest BCUT2D eigenvalue weighted by molar-refractivity contribution is 6.30. The van der Waals surface area contributed by atoms with E-state index >= 15 is 0 Å². The number of aliphatic hydroxyl groups excluding tert-OH is 1. The van der Waals surface area contributed by atoms with Gasteiger partial charge in [0.1, 0.15) is 6.10 Å². The van der Waals surface area contributed by atoms with Gasteiger partial charge < -0.3 is 10.4 Å². The molecule has 0 spiro atoms. The lowest BCUT2D eigenvalue weighted by atomic mass is 9.98. The van der Waals surface area contributed by atoms with Crippen LogP contribution in [0, 0.1) is 0 Å². The third-order valence-electron chi connectivity index (χ3n) is 3.36. The normalized spacial score (nSPS) is 15.0. The van der Waals surface area contributed by atoms with E-state index in [0.29, 0.717) is 5.02 Å². The summed E-state index contributed by atoms with van der Waals surface area (Å²) in [6.45, 7) is 0.944. The summed E-state index contributed by atoms with van der Waals surface area (Å²) in [5.74, 6) is 0. The number of benzene rings is 2. The Morgan fingerprint density at radius 3 is 2.67 bits per heavy atom. The number of fused-ring (bicyclic) bond motifs is 1. The van der Waals surface area contributed by atoms with Gasteiger partial charge in [0.2, 0.25) is 0 Å². The molecule has 0 bridgehead atoms. The predicted octanol–water partition coefficient (Wildman–Crippen LogP) is 3.39. The smallest absolute Gasteiger partial charge is 0.106 e. The van der Waals surface area contributed by atoms with E-state index in [1.807, 2.05) is 24.3 Å². The minimum absolute atomic E-state index is 0.609. The van der Waals surface area contributed by atoms with Crippen LogP contribution in [0.2, 0.25) is 5.02 Å². The summed E-state index contributed by atoms with van der Waals surface area (Å²) >= 11 is 5.86. The zero-order valence-electron chi connectivity index (χ0n) is 9.86. The van der Waals surface area contributed by atoms with Crippen LogP contribution in [0.4, 0.5) is 5.69 Å². The number of hydrogen-bond donors (Lipinski definition) is 2. The first-order valence-electron chi connectivity index (χ1n) is 6.05. The summed E-state index contributed by atoms with van der Waals surface area (Å²) in [7, 11) is 0. The van der Waals surface area contributed by atoms with Gasteiger partial charge in [0.25, 0.3) is 0 Å². The van der Waals surface area contributed by atoms with Crippen molar-refractivity contribution in [1.82, 2.24) is 0 Å². The monoisotopic (exact) mass is 259 g/mol. The summed E-state index contributed by atoms with van der Waals surface area (Å²) in [5.41, 5.74) is 4.16. The van der Waals surface area contributed by atoms with Crippen LogP contribution in [0.15, 0.2) is 42.5 Å². The molecule has 1 unspecified atom stereocenters. The average molecular weight is 260 g/mol. The Kier molecular flexibility index (Phi) is 2.98. The maximum Gasteiger partial charge on any atom is 0.106 e. The molecule has 2 aromatic rings. The quantitative estimate of drug-likeness (QED) is 0.867. The number of hydrogen-bond acceptors (Lipinski definition) is 2. The van der Waals surface area contributed by atoms with E-state index in [9.17, 15) is 5.11 Å². The second-order valence-corrected chi connectivity index (χ2v) is 4.95. The van der Waals surface area contributed by atoms with Gasteiger partial charge in [-0.3, -0.25) is 0 Å². The van der Waals surface area contributed by atoms with E-state index in [4.69, 9.17) is 11.6 Å². The Morgan fingerprint density at radius 2 is 1.89 bits per heavy atom. The SMILES string of the molecule is OC(c1ccc(Cl)cc1)c1cccc2c1NCC2. The van der Waals surface area contributed by atoms with Crippen molar-refractivity contribution in [3.8, 4) is 0 Å². The molecule has 0 saturated heterocycles. The van der Waals surface area contributed by atoms with Crippen molar-refractivity contribution in [3.63, 3.8) is 0 Å². The minimum atomic E-state index is -0.609. The average Bonchev–Trinajstić information content (AvgIpc) is 2.87. The Bertz CT molecular complexity index is 565. The molecule has 1 atom stereocenters. The van der Waals surface area contributed by atoms with Gasteiger partial charge in [-0.15, -0.1) is 0 Å². The van der Waals surface area contributed by atoms with Crippen molar-refractivity contribution in [2.45, 2.75) is 12.5 Å². The molecule has 0 saturated carbocycles. The predicted molar refractivity (Wildman–Crippen MR) is 74.1 cm³/mol. The number of nitrogens with one attached hydrogen (secondary N) is 1. The molecule has 0 amide bonds. The lowest BCUT2D eigenvalue weighted by Gasteiger charge is -2.15. The molecule has 2 aromatic carbocycles. The number of halogens is 1. The first kappa shape index (κ1) is 11.6. The van der Waals surface area contributed by atoms with Crippen LogP contribution in [0.25, 0.3) is 0 Å². The fraction of sp³-hybridized carbons (Fsp3) is 0.200. The first-order valence-corrected chi connectivity index (χ1v) is 6.42. The molecule has 0 radical (unpaired) electrons. The van der Waals surface area contributed by atoms with E-state index in [0.717, 1.165) is 29.8 Å². The van der Waals surface area contributed by atoms with Crippen LogP contribution in [0.1, 0.15) is 22.8 Å². The Labute approximate surface area is 111 Å². The Morgan fingerprint density at radius 1 is 1.11 bits per heavy atom. The van der Waals surface area contributed by atoms with Gasteiger partial charge in [0.15, 0.2) is 0 Å². The van der Waals surface area contributed by atoms with Crippen molar-refractivity contribution in [2.75, 3.05) is 11.9 Å². The summed E-state index contributed by atoms with van der Waals surface area (Å²) in [5, 5.41) is 14.5. The van der Waals surface area contributed by atoms with Gasteiger partial charge in [-0.25, -0.2) is 0 Å². The highest BCUT2D eigenvalue weighted by atomic mass is 35.5. The van der Waals surface area contributed by atoms with Gasteiger partial charge in [-0.1, -0.05) is 41.9 Å². The van der Waals surface area contributed by atoms with E-state index in [1.165, 1.54) is 5.56 Å². The second-order valence-electron chi connectivity index (χ2n) is 4.51. The Hall–Kier alpha value is -1.51. The lowest BCUT2D eigenvalue weighted by Crippen LogP contribution is -2.03. The van der Waals surface area contributed by atoms with E-state index < -0.39 is 6.10 Å². The van der Waals surface area contributed by atoms with Gasteiger partial charge in [0.05, 0.1) is 0 Å². The van der Waals surface area contributed by atoms with Gasteiger partial charge in [-0.2, -0.15) is 0 Å². The van der Waals surface area contributed by atoms with E-state index in [-0.39, 0.29) is 0 Å². The van der Waals surface area contributed by atoms with Crippen LogP contribution >= 0.6 is 11.6 Å². The van der Waals surface area contributed by atoms with Crippen LogP contribution in [0.5, 0.6) is 0 Å². The fourth-order valence-corrected chi connectivity index (χ4v) is 2.54. The molecule has 0 aromatic heterocycles. The van der Waals surface area contributed by atoms with Crippen LogP contribution in [-0.2, 0) is 6.42 Å². The summed E-state index contributed by atoms with van der Waals surface area (Å²) in [6, 6.07) is 13.4. The van der Waals surface area contributed by atoms with Crippen LogP contribution in [0.3, 0.4) is 0 Å². The standard InChI is InChI=1S/C15H14ClNO/c16-12-6-4-11(5-7-12)15(18)13-3-1-2-10-8-9-17-14(10)13/h1-7,15,17-18H,8-9H2. The Balaban J connectivity index is 2.00. The molecule has 2 nitrogen and oxygen atoms in total. The molecule has 2 N–H and O–H groups in total. The third-order valence-corrected chi connectivity index (χ3v) is 3.61. The van der Waals surface area contributed by atoms with E-state index in [1.54, 1.807) is 12.1 Å². The van der Waals surface area contributed by atoms with Gasteiger partial charge in [-0.05, 0) is 29.7 Å². The highest BCUT2D eigenvalue weighted by Gasteiger charge is 2.19. The van der Waals surface area contributed by atoms with Crippen LogP contribution < -0.4 is 5.32 Å². The molecule has 1 aliphatic heterocycles. The molecular weight excluding hydrogens is 246 g/mol. The second kappa shape index (κ2) is 4.63.